The Hall–Kier alpha value is -2.37. The molecule has 30 heavy (non-hydrogen) atoms. The Bertz CT molecular complexity index is 1460. The molecule has 0 amide bonds. The molecule has 0 radical (unpaired) electrons. The Morgan fingerprint density at radius 2 is 1.43 bits per heavy atom. The summed E-state index contributed by atoms with van der Waals surface area (Å²) in [5, 5.41) is 10.6. The van der Waals surface area contributed by atoms with Crippen LogP contribution in [-0.2, 0) is 0 Å². The largest absolute Gasteiger partial charge is 0.273 e. The van der Waals surface area contributed by atoms with E-state index in [0.717, 1.165) is 22.3 Å². The molecule has 3 aromatic carbocycles. The van der Waals surface area contributed by atoms with Gasteiger partial charge in [-0.3, -0.25) is 4.40 Å². The third-order valence-corrected chi connectivity index (χ3v) is 6.58. The van der Waals surface area contributed by atoms with Gasteiger partial charge in [0.2, 0.25) is 0 Å². The van der Waals surface area contributed by atoms with Gasteiger partial charge in [-0.15, -0.1) is 10.2 Å². The van der Waals surface area contributed by atoms with Crippen molar-refractivity contribution in [3.05, 3.63) is 80.4 Å². The molecule has 5 rings (SSSR count). The van der Waals surface area contributed by atoms with Crippen molar-refractivity contribution in [3.8, 4) is 22.5 Å². The van der Waals surface area contributed by atoms with Crippen molar-refractivity contribution in [1.82, 2.24) is 19.6 Å². The Morgan fingerprint density at radius 3 is 2.17 bits per heavy atom. The molecule has 0 unspecified atom stereocenters. The van der Waals surface area contributed by atoms with Gasteiger partial charge in [-0.25, -0.2) is 4.98 Å². The number of hydrogen-bond acceptors (Lipinski definition) is 3. The van der Waals surface area contributed by atoms with E-state index in [4.69, 9.17) is 51.4 Å². The lowest BCUT2D eigenvalue weighted by atomic mass is 10.0. The molecule has 0 atom stereocenters. The SMILES string of the molecule is Cc1nc(-c2cccc(Cl)c2Cl)n2c1nnc1ccc(-c3cccc(Cl)c3Cl)cc12. The molecular formula is C22H12Cl4N4. The molecule has 2 aromatic heterocycles. The van der Waals surface area contributed by atoms with Crippen LogP contribution < -0.4 is 0 Å². The summed E-state index contributed by atoms with van der Waals surface area (Å²) in [6.07, 6.45) is 0. The highest BCUT2D eigenvalue weighted by molar-refractivity contribution is 6.44. The summed E-state index contributed by atoms with van der Waals surface area (Å²) in [6.45, 7) is 1.88. The summed E-state index contributed by atoms with van der Waals surface area (Å²) in [7, 11) is 0. The van der Waals surface area contributed by atoms with E-state index < -0.39 is 0 Å². The molecule has 2 heterocycles. The highest BCUT2D eigenvalue weighted by Gasteiger charge is 2.19. The molecule has 148 valence electrons. The second kappa shape index (κ2) is 7.40. The number of aromatic nitrogens is 4. The van der Waals surface area contributed by atoms with Gasteiger partial charge in [-0.05, 0) is 42.8 Å². The molecule has 0 saturated carbocycles. The zero-order valence-electron chi connectivity index (χ0n) is 15.5. The first-order valence-corrected chi connectivity index (χ1v) is 10.5. The molecule has 0 saturated heterocycles. The summed E-state index contributed by atoms with van der Waals surface area (Å²) in [5.74, 6) is 0.643. The summed E-state index contributed by atoms with van der Waals surface area (Å²) in [5.41, 5.74) is 5.35. The van der Waals surface area contributed by atoms with Crippen LogP contribution in [0.15, 0.2) is 54.6 Å². The molecule has 5 aromatic rings. The molecule has 0 aliphatic heterocycles. The number of hydrogen-bond donors (Lipinski definition) is 0. The van der Waals surface area contributed by atoms with Gasteiger partial charge >= 0.3 is 0 Å². The quantitative estimate of drug-likeness (QED) is 0.266. The van der Waals surface area contributed by atoms with E-state index in [2.05, 4.69) is 10.2 Å². The van der Waals surface area contributed by atoms with Gasteiger partial charge in [0, 0.05) is 11.1 Å². The maximum Gasteiger partial charge on any atom is 0.183 e. The third-order valence-electron chi connectivity index (χ3n) is 4.94. The molecule has 0 aliphatic carbocycles. The highest BCUT2D eigenvalue weighted by Crippen LogP contribution is 2.37. The average molecular weight is 474 g/mol. The molecule has 0 N–H and O–H groups in total. The van der Waals surface area contributed by atoms with E-state index in [1.807, 2.05) is 53.8 Å². The maximum absolute atomic E-state index is 6.50. The molecule has 0 bridgehead atoms. The predicted molar refractivity (Wildman–Crippen MR) is 124 cm³/mol. The summed E-state index contributed by atoms with van der Waals surface area (Å²) in [6, 6.07) is 16.9. The fraction of sp³-hybridized carbons (Fsp3) is 0.0455. The van der Waals surface area contributed by atoms with Crippen LogP contribution in [0.3, 0.4) is 0 Å². The third kappa shape index (κ3) is 3.03. The van der Waals surface area contributed by atoms with Gasteiger partial charge in [-0.2, -0.15) is 0 Å². The molecule has 0 aliphatic rings. The van der Waals surface area contributed by atoms with E-state index in [1.165, 1.54) is 0 Å². The Balaban J connectivity index is 1.87. The van der Waals surface area contributed by atoms with Gasteiger partial charge in [0.15, 0.2) is 5.65 Å². The number of nitrogens with zero attached hydrogens (tertiary/aromatic N) is 4. The van der Waals surface area contributed by atoms with Crippen molar-refractivity contribution >= 4 is 63.1 Å². The lowest BCUT2D eigenvalue weighted by Gasteiger charge is -2.10. The Morgan fingerprint density at radius 1 is 0.767 bits per heavy atom. The number of imidazole rings is 1. The van der Waals surface area contributed by atoms with Crippen molar-refractivity contribution in [2.45, 2.75) is 6.92 Å². The monoisotopic (exact) mass is 472 g/mol. The number of rotatable bonds is 2. The minimum atomic E-state index is 0.435. The first-order valence-electron chi connectivity index (χ1n) is 9.00. The van der Waals surface area contributed by atoms with Crippen LogP contribution in [0.25, 0.3) is 39.2 Å². The maximum atomic E-state index is 6.50. The van der Waals surface area contributed by atoms with Crippen molar-refractivity contribution in [2.24, 2.45) is 0 Å². The number of halogens is 4. The standard InChI is InChI=1S/C22H12Cl4N4/c1-11-21-29-28-17-9-8-12(13-4-2-6-15(23)19(13)25)10-18(17)30(21)22(27-11)14-5-3-7-16(24)20(14)26/h2-10H,1H3. The van der Waals surface area contributed by atoms with E-state index in [9.17, 15) is 0 Å². The second-order valence-electron chi connectivity index (χ2n) is 6.79. The van der Waals surface area contributed by atoms with Gasteiger partial charge in [-0.1, -0.05) is 70.7 Å². The van der Waals surface area contributed by atoms with Crippen LogP contribution >= 0.6 is 46.4 Å². The van der Waals surface area contributed by atoms with Crippen molar-refractivity contribution < 1.29 is 0 Å². The molecule has 0 spiro atoms. The summed E-state index contributed by atoms with van der Waals surface area (Å²) >= 11 is 25.4. The van der Waals surface area contributed by atoms with Crippen LogP contribution in [0.4, 0.5) is 0 Å². The molecule has 0 fully saturated rings. The lowest BCUT2D eigenvalue weighted by Crippen LogP contribution is -1.98. The fourth-order valence-corrected chi connectivity index (χ4v) is 4.30. The fourth-order valence-electron chi connectivity index (χ4n) is 3.51. The van der Waals surface area contributed by atoms with Gasteiger partial charge < -0.3 is 0 Å². The van der Waals surface area contributed by atoms with Crippen molar-refractivity contribution in [1.29, 1.82) is 0 Å². The first kappa shape index (κ1) is 19.6. The van der Waals surface area contributed by atoms with Crippen LogP contribution in [0, 0.1) is 6.92 Å². The molecular weight excluding hydrogens is 462 g/mol. The van der Waals surface area contributed by atoms with Crippen molar-refractivity contribution in [2.75, 3.05) is 0 Å². The van der Waals surface area contributed by atoms with Crippen molar-refractivity contribution in [3.63, 3.8) is 0 Å². The van der Waals surface area contributed by atoms with E-state index in [0.29, 0.717) is 42.6 Å². The topological polar surface area (TPSA) is 43.1 Å². The summed E-state index contributed by atoms with van der Waals surface area (Å²) in [4.78, 5) is 4.72. The van der Waals surface area contributed by atoms with E-state index in [1.54, 1.807) is 12.1 Å². The predicted octanol–water partition coefficient (Wildman–Crippen LogP) is 7.53. The number of aryl methyl sites for hydroxylation is 1. The lowest BCUT2D eigenvalue weighted by molar-refractivity contribution is 1.04. The summed E-state index contributed by atoms with van der Waals surface area (Å²) < 4.78 is 1.94. The minimum absolute atomic E-state index is 0.435. The minimum Gasteiger partial charge on any atom is -0.273 e. The Kier molecular flexibility index (Phi) is 4.83. The van der Waals surface area contributed by atoms with E-state index in [-0.39, 0.29) is 0 Å². The first-order chi connectivity index (χ1) is 14.5. The van der Waals surface area contributed by atoms with Crippen LogP contribution in [0.1, 0.15) is 5.69 Å². The van der Waals surface area contributed by atoms with Gasteiger partial charge in [0.25, 0.3) is 0 Å². The Labute approximate surface area is 192 Å². The van der Waals surface area contributed by atoms with Gasteiger partial charge in [0.1, 0.15) is 11.3 Å². The molecule has 8 heteroatoms. The highest BCUT2D eigenvalue weighted by atomic mass is 35.5. The normalized spacial score (nSPS) is 11.5. The zero-order chi connectivity index (χ0) is 21.0. The second-order valence-corrected chi connectivity index (χ2v) is 8.36. The number of benzene rings is 3. The van der Waals surface area contributed by atoms with Gasteiger partial charge in [0.05, 0.1) is 31.3 Å². The average Bonchev–Trinajstić information content (AvgIpc) is 3.08. The van der Waals surface area contributed by atoms with Crippen LogP contribution in [-0.4, -0.2) is 19.6 Å². The smallest absolute Gasteiger partial charge is 0.183 e. The number of fused-ring (bicyclic) bond motifs is 3. The van der Waals surface area contributed by atoms with E-state index >= 15 is 0 Å². The van der Waals surface area contributed by atoms with Crippen LogP contribution in [0.5, 0.6) is 0 Å². The van der Waals surface area contributed by atoms with Crippen LogP contribution in [0.2, 0.25) is 20.1 Å². The molecule has 4 nitrogen and oxygen atoms in total. The zero-order valence-corrected chi connectivity index (χ0v) is 18.5.